The summed E-state index contributed by atoms with van der Waals surface area (Å²) in [6, 6.07) is 2.27. The molecule has 0 saturated carbocycles. The van der Waals surface area contributed by atoms with Crippen molar-refractivity contribution in [3.8, 4) is 0 Å². The molecule has 12 saturated heterocycles. The first-order valence-electron chi connectivity index (χ1n) is 39.8. The molecule has 0 aliphatic carbocycles. The Morgan fingerprint density at radius 2 is 0.627 bits per heavy atom. The molecule has 5 N–H and O–H groups in total. The molecule has 126 heavy (non-hydrogen) atoms. The summed E-state index contributed by atoms with van der Waals surface area (Å²) in [5.41, 5.74) is -0.476. The van der Waals surface area contributed by atoms with E-state index in [2.05, 4.69) is 64.1 Å². The van der Waals surface area contributed by atoms with Gasteiger partial charge in [0.25, 0.3) is 5.97 Å². The van der Waals surface area contributed by atoms with E-state index in [1.807, 2.05) is 109 Å². The molecular formula is C88H196BN17O17Y3-3. The standard InChI is InChI=1S/C11H18N3O2.C10H16N3O2.C10H19N3O.C9H17N3O.C8H13NO3.C5H12N2.C5H7NO2.C3H5NO.C2H4O2.C2H3O.5C2H6.CH4BO2.12CH4.3Y/c1-2-11(16)14-7-10(8-14)13-5-3-12(9-15)4-6-13;1-9(15)13-6-10(7-13)12-4-2-11(8-14)3-5-12;1-9(14)13-7-10(8-13)12-5-3-11(2)4-6-12;1-8(13)12-6-9(7-12)11-4-2-10-3-5-11;1-8(2,3)12-7(11)9-4-6(10)5-9;1-7-4-2-6-3-5-7;1-4(7)6-2-5(8)3-6;5-3-1-4-2-3;1-2(3)4;1-2-3;5*1-2;1-4-2-3;;;;;;;;;;;;;;;/h10H,2-8H2,1H3;10H,2-7H2,1H3;10H,3-8H2,1-2H3;9-10H,2-7H2,1H3;4-5H2,1-3H3;6H,2-5H2,1H3;2-3H2,1H3;4H,1-2H2;1H3,(H,3,4);1H3;5*1-2H3;3H,1H3;12*1H4;;;/q2*-1;;;;;;;;-1;;;;;;;;;;;;;;;;;;;;;. The van der Waals surface area contributed by atoms with Crippen molar-refractivity contribution in [3.05, 3.63) is 0 Å². The molecule has 12 aliphatic heterocycles. The molecule has 12 rings (SSSR count). The van der Waals surface area contributed by atoms with Crippen LogP contribution in [0.2, 0.25) is 0 Å². The van der Waals surface area contributed by atoms with Crippen LogP contribution in [-0.2, 0) is 165 Å². The number of nitrogens with zero attached hydrogens (tertiary/aromatic N) is 14. The number of hydrogen-bond acceptors (Lipinski definition) is 25. The smallest absolute Gasteiger partial charge is 0.484 e. The topological polar surface area (TPSA) is 362 Å². The first kappa shape index (κ1) is 169. The number of amides is 8. The number of aliphatic carboxylic acids is 1. The molecule has 4 radical (unpaired) electrons. The van der Waals surface area contributed by atoms with Gasteiger partial charge in [0.2, 0.25) is 29.5 Å². The molecular weight excluding hydrogens is 1840 g/mol. The third kappa shape index (κ3) is 78.2. The van der Waals surface area contributed by atoms with E-state index in [-0.39, 0.29) is 241 Å². The van der Waals surface area contributed by atoms with Crippen molar-refractivity contribution in [3.63, 3.8) is 0 Å². The number of likely N-dealkylation sites (tertiary alicyclic amines) is 6. The molecule has 750 valence electrons. The van der Waals surface area contributed by atoms with Gasteiger partial charge in [-0.05, 0) is 34.9 Å². The molecule has 34 nitrogen and oxygen atoms in total. The number of carboxylic acids is 1. The number of piperazine rings is 5. The van der Waals surface area contributed by atoms with Crippen LogP contribution in [0.3, 0.4) is 0 Å². The molecule has 12 aliphatic rings. The number of carbonyl (C=O) groups excluding carboxylic acids is 12. The van der Waals surface area contributed by atoms with Gasteiger partial charge >= 0.3 is 13.8 Å². The SMILES string of the molecule is C.C.C.C.C.C.C.C.C.C.C.C.CC.CC.CC.CC.CC.CC(=O)N1CC(=O)C1.CC(=O)N1CC(N2CCN(C)CC2)C1.CC(=O)N1CC(N2CCN([C-]=O)CC2)C1.CC(=O)N1CC(N2CCNCC2)C1.CC(=O)O.CC(C)(C)OC(=O)N1CC(=O)C1.CCC(=O)N1CC(N2CCN([C-]=O)CC2)C1.CN1CCNCC1.CO[B]O.C[C-]=O.O=C1CNC1.[Y].[Y].[Y]. The largest absolute Gasteiger partial charge is 0.542 e. The second-order valence-corrected chi connectivity index (χ2v) is 26.9. The van der Waals surface area contributed by atoms with E-state index in [1.54, 1.807) is 51.3 Å². The Labute approximate surface area is 850 Å². The first-order valence-corrected chi connectivity index (χ1v) is 39.8. The molecule has 38 heteroatoms. The predicted molar refractivity (Wildman–Crippen MR) is 515 cm³/mol. The fourth-order valence-corrected chi connectivity index (χ4v) is 11.0. The zero-order valence-corrected chi connectivity index (χ0v) is 82.7. The summed E-state index contributed by atoms with van der Waals surface area (Å²) in [5.74, 6) is 0.555. The van der Waals surface area contributed by atoms with Gasteiger partial charge in [-0.3, -0.25) is 73.9 Å². The van der Waals surface area contributed by atoms with Crippen LogP contribution in [0.15, 0.2) is 0 Å². The van der Waals surface area contributed by atoms with E-state index >= 15 is 0 Å². The normalized spacial score (nSPS) is 17.2. The zero-order chi connectivity index (χ0) is 85.8. The van der Waals surface area contributed by atoms with Gasteiger partial charge in [-0.1, -0.05) is 165 Å². The van der Waals surface area contributed by atoms with Gasteiger partial charge in [-0.15, -0.1) is 0 Å². The minimum atomic E-state index is -0.833. The Morgan fingerprint density at radius 1 is 0.405 bits per heavy atom. The quantitative estimate of drug-likeness (QED) is 0.114. The van der Waals surface area contributed by atoms with Crippen LogP contribution < -0.4 is 16.0 Å². The number of ether oxygens (including phenoxy) is 1. The molecule has 8 amide bonds. The Morgan fingerprint density at radius 3 is 0.810 bits per heavy atom. The average molecular weight is 2040 g/mol. The van der Waals surface area contributed by atoms with Crippen LogP contribution in [0.5, 0.6) is 0 Å². The summed E-state index contributed by atoms with van der Waals surface area (Å²) in [6.45, 7) is 66.0. The number of carboxylic acid groups (broad SMARTS) is 1. The molecule has 0 atom stereocenters. The predicted octanol–water partition coefficient (Wildman–Crippen LogP) is 7.81. The van der Waals surface area contributed by atoms with Gasteiger partial charge in [0.1, 0.15) is 5.60 Å². The molecule has 0 spiro atoms. The van der Waals surface area contributed by atoms with Crippen LogP contribution in [0.1, 0.15) is 234 Å². The average Bonchev–Trinajstić information content (AvgIpc) is 0.818. The second-order valence-electron chi connectivity index (χ2n) is 26.9. The number of nitrogens with one attached hydrogen (secondary N) is 3. The maximum absolute atomic E-state index is 11.4. The van der Waals surface area contributed by atoms with E-state index in [4.69, 9.17) is 24.5 Å². The van der Waals surface area contributed by atoms with Crippen LogP contribution in [0.4, 0.5) is 4.79 Å². The van der Waals surface area contributed by atoms with Crippen molar-refractivity contribution in [1.29, 1.82) is 0 Å². The third-order valence-corrected chi connectivity index (χ3v) is 17.7. The third-order valence-electron chi connectivity index (χ3n) is 17.7. The Hall–Kier alpha value is -3.35. The monoisotopic (exact) mass is 2040 g/mol. The fourth-order valence-electron chi connectivity index (χ4n) is 11.0. The fraction of sp³-hybridized carbons (Fsp3) is 0.852. The molecule has 0 bridgehead atoms. The minimum absolute atomic E-state index is 0. The van der Waals surface area contributed by atoms with Gasteiger partial charge in [-0.2, -0.15) is 19.7 Å². The van der Waals surface area contributed by atoms with Crippen molar-refractivity contribution in [2.75, 3.05) is 244 Å². The number of likely N-dealkylation sites (N-methyl/N-ethyl adjacent to an activating group) is 2. The van der Waals surface area contributed by atoms with Crippen molar-refractivity contribution < 1.29 is 180 Å². The van der Waals surface area contributed by atoms with E-state index in [0.717, 1.165) is 177 Å². The van der Waals surface area contributed by atoms with Crippen molar-refractivity contribution >= 4 is 85.7 Å². The van der Waals surface area contributed by atoms with Gasteiger partial charge in [0.05, 0.1) is 39.3 Å². The summed E-state index contributed by atoms with van der Waals surface area (Å²) in [6.07, 6.45) is 5.54. The van der Waals surface area contributed by atoms with Gasteiger partial charge < -0.3 is 94.0 Å². The second kappa shape index (κ2) is 104. The van der Waals surface area contributed by atoms with Crippen molar-refractivity contribution in [2.24, 2.45) is 0 Å². The number of ketones is 3. The molecule has 12 fully saturated rings. The summed E-state index contributed by atoms with van der Waals surface area (Å²) >= 11 is 0. The molecule has 0 unspecified atom stereocenters. The van der Waals surface area contributed by atoms with Gasteiger partial charge in [0, 0.05) is 354 Å². The first-order chi connectivity index (χ1) is 52.8. The Balaban J connectivity index is -0.0000000589. The van der Waals surface area contributed by atoms with E-state index in [1.165, 1.54) is 50.1 Å². The molecule has 0 aromatic carbocycles. The van der Waals surface area contributed by atoms with Crippen molar-refractivity contribution in [2.45, 2.75) is 264 Å². The Bertz CT molecular complexity index is 2540. The van der Waals surface area contributed by atoms with E-state index in [9.17, 15) is 52.7 Å². The maximum atomic E-state index is 11.4. The summed E-state index contributed by atoms with van der Waals surface area (Å²) in [5, 5.41) is 24.4. The van der Waals surface area contributed by atoms with Crippen LogP contribution in [0, 0.1) is 0 Å². The summed E-state index contributed by atoms with van der Waals surface area (Å²) in [4.78, 5) is 163. The summed E-state index contributed by atoms with van der Waals surface area (Å²) < 4.78 is 9.00. The molecule has 0 aromatic heterocycles. The number of carbonyl (C=O) groups is 10. The summed E-state index contributed by atoms with van der Waals surface area (Å²) in [7, 11) is 6.32. The minimum Gasteiger partial charge on any atom is -0.542 e. The van der Waals surface area contributed by atoms with Gasteiger partial charge in [0.15, 0.2) is 17.3 Å². The van der Waals surface area contributed by atoms with Gasteiger partial charge in [-0.25, -0.2) is 4.79 Å². The number of hydrogen-bond donors (Lipinski definition) is 5. The van der Waals surface area contributed by atoms with Crippen molar-refractivity contribution in [1.82, 2.24) is 84.5 Å². The molecule has 0 aromatic rings. The van der Waals surface area contributed by atoms with E-state index < -0.39 is 17.7 Å². The van der Waals surface area contributed by atoms with Crippen LogP contribution in [0.25, 0.3) is 0 Å². The number of Topliss-reactive ketones (excluding diaryl/α,β-unsaturated/α-hetero) is 3. The zero-order valence-electron chi connectivity index (χ0n) is 74.1. The van der Waals surface area contributed by atoms with Crippen LogP contribution in [-0.4, -0.2) is 438 Å². The maximum Gasteiger partial charge on any atom is 0.484 e. The van der Waals surface area contributed by atoms with E-state index in [0.29, 0.717) is 70.2 Å². The Kier molecular flexibility index (Phi) is 139. The van der Waals surface area contributed by atoms with Crippen LogP contribution >= 0.6 is 0 Å². The molecule has 12 heterocycles. The number of rotatable bonds is 8.